The molecular formula is C26H32ClF3N4OS2. The number of hydrogen-bond acceptors (Lipinski definition) is 5. The lowest BCUT2D eigenvalue weighted by molar-refractivity contribution is -0.137. The number of carbonyl (C=O) groups excluding carboxylic acids is 1. The van der Waals surface area contributed by atoms with Crippen LogP contribution in [0.4, 0.5) is 13.2 Å². The number of amides is 1. The van der Waals surface area contributed by atoms with Gasteiger partial charge in [0.1, 0.15) is 10.0 Å². The van der Waals surface area contributed by atoms with E-state index in [2.05, 4.69) is 15.5 Å². The zero-order valence-electron chi connectivity index (χ0n) is 20.5. The lowest BCUT2D eigenvalue weighted by atomic mass is 9.83. The van der Waals surface area contributed by atoms with Crippen LogP contribution in [-0.4, -0.2) is 16.1 Å². The molecule has 4 rings (SSSR count). The number of carbonyl (C=O) groups is 1. The molecule has 1 saturated carbocycles. The molecule has 0 radical (unpaired) electrons. The number of nitrogens with one attached hydrogen (secondary N) is 1. The summed E-state index contributed by atoms with van der Waals surface area (Å²) < 4.78 is 41.1. The number of nitrogens with two attached hydrogens (primary N) is 1. The minimum absolute atomic E-state index is 0. The SMILES string of the molecule is CC(=O)N[C@@H](Cc1ccc(CN)cc1)c1nnc(-c2cc(C3CCCCC3)cc(C(F)(F)F)c2)s1.Cl.S. The van der Waals surface area contributed by atoms with Gasteiger partial charge in [-0.1, -0.05) is 54.9 Å². The van der Waals surface area contributed by atoms with E-state index in [-0.39, 0.29) is 37.7 Å². The van der Waals surface area contributed by atoms with E-state index in [1.54, 1.807) is 0 Å². The Bertz CT molecular complexity index is 1170. The summed E-state index contributed by atoms with van der Waals surface area (Å²) in [5.74, 6) is -0.0928. The van der Waals surface area contributed by atoms with Crippen LogP contribution in [0.25, 0.3) is 10.6 Å². The molecule has 2 aromatic carbocycles. The van der Waals surface area contributed by atoms with Gasteiger partial charge >= 0.3 is 6.18 Å². The van der Waals surface area contributed by atoms with Crippen LogP contribution in [0.15, 0.2) is 42.5 Å². The third-order valence-electron chi connectivity index (χ3n) is 6.42. The topological polar surface area (TPSA) is 80.9 Å². The molecule has 0 bridgehead atoms. The van der Waals surface area contributed by atoms with Crippen molar-refractivity contribution >= 4 is 43.1 Å². The van der Waals surface area contributed by atoms with Crippen molar-refractivity contribution in [2.24, 2.45) is 5.73 Å². The second-order valence-electron chi connectivity index (χ2n) is 9.10. The van der Waals surface area contributed by atoms with E-state index >= 15 is 0 Å². The highest BCUT2D eigenvalue weighted by Crippen LogP contribution is 2.40. The van der Waals surface area contributed by atoms with Crippen molar-refractivity contribution in [2.45, 2.75) is 70.1 Å². The molecule has 11 heteroatoms. The molecule has 3 aromatic rings. The second-order valence-corrected chi connectivity index (χ2v) is 10.1. The molecule has 1 aliphatic rings. The van der Waals surface area contributed by atoms with Crippen molar-refractivity contribution in [2.75, 3.05) is 0 Å². The Labute approximate surface area is 232 Å². The van der Waals surface area contributed by atoms with E-state index in [0.29, 0.717) is 34.1 Å². The molecular weight excluding hydrogens is 541 g/mol. The molecule has 0 spiro atoms. The van der Waals surface area contributed by atoms with Crippen LogP contribution in [0, 0.1) is 0 Å². The van der Waals surface area contributed by atoms with E-state index in [9.17, 15) is 18.0 Å². The number of halogens is 4. The highest BCUT2D eigenvalue weighted by molar-refractivity contribution is 7.59. The van der Waals surface area contributed by atoms with Crippen molar-refractivity contribution in [1.82, 2.24) is 15.5 Å². The fraction of sp³-hybridized carbons (Fsp3) is 0.423. The molecule has 1 aliphatic carbocycles. The predicted molar refractivity (Wildman–Crippen MR) is 148 cm³/mol. The van der Waals surface area contributed by atoms with Gasteiger partial charge in [-0.3, -0.25) is 4.79 Å². The van der Waals surface area contributed by atoms with Crippen LogP contribution in [0.1, 0.15) is 78.2 Å². The van der Waals surface area contributed by atoms with Crippen molar-refractivity contribution in [3.8, 4) is 10.6 Å². The minimum Gasteiger partial charge on any atom is -0.347 e. The number of alkyl halides is 3. The highest BCUT2D eigenvalue weighted by Gasteiger charge is 2.32. The van der Waals surface area contributed by atoms with E-state index in [1.807, 2.05) is 30.3 Å². The fourth-order valence-corrected chi connectivity index (χ4v) is 5.48. The second kappa shape index (κ2) is 13.6. The number of nitrogens with zero attached hydrogens (tertiary/aromatic N) is 2. The third-order valence-corrected chi connectivity index (χ3v) is 7.51. The van der Waals surface area contributed by atoms with Gasteiger partial charge in [0.25, 0.3) is 0 Å². The molecule has 37 heavy (non-hydrogen) atoms. The Balaban J connectivity index is 0.00000241. The molecule has 1 atom stereocenters. The normalized spacial score (nSPS) is 14.8. The van der Waals surface area contributed by atoms with Gasteiger partial charge in [-0.15, -0.1) is 22.6 Å². The van der Waals surface area contributed by atoms with E-state index < -0.39 is 17.8 Å². The first-order chi connectivity index (χ1) is 16.7. The van der Waals surface area contributed by atoms with Gasteiger partial charge in [0.15, 0.2) is 0 Å². The number of aromatic nitrogens is 2. The quantitative estimate of drug-likeness (QED) is 0.331. The van der Waals surface area contributed by atoms with Crippen molar-refractivity contribution < 1.29 is 18.0 Å². The van der Waals surface area contributed by atoms with E-state index in [0.717, 1.165) is 49.3 Å². The first-order valence-corrected chi connectivity index (χ1v) is 12.7. The van der Waals surface area contributed by atoms with Crippen molar-refractivity contribution in [3.63, 3.8) is 0 Å². The minimum atomic E-state index is -4.44. The maximum absolute atomic E-state index is 13.7. The maximum Gasteiger partial charge on any atom is 0.416 e. The standard InChI is InChI=1S/C26H29F3N4OS.ClH.H2S/c1-16(34)31-23(11-17-7-9-18(15-30)10-8-17)25-33-32-24(35-25)21-12-20(19-5-3-2-4-6-19)13-22(14-21)26(27,28)29;;/h7-10,12-14,19,23H,2-6,11,15,30H2,1H3,(H,31,34);1H;1H2/t23-;;/m0../s1. The summed E-state index contributed by atoms with van der Waals surface area (Å²) in [6.45, 7) is 1.87. The first-order valence-electron chi connectivity index (χ1n) is 11.8. The van der Waals surface area contributed by atoms with Gasteiger partial charge in [-0.05, 0) is 60.1 Å². The molecule has 1 fully saturated rings. The molecule has 5 nitrogen and oxygen atoms in total. The molecule has 202 valence electrons. The highest BCUT2D eigenvalue weighted by atomic mass is 35.5. The zero-order valence-corrected chi connectivity index (χ0v) is 23.1. The summed E-state index contributed by atoms with van der Waals surface area (Å²) in [6, 6.07) is 11.6. The van der Waals surface area contributed by atoms with Crippen LogP contribution >= 0.6 is 37.2 Å². The average Bonchev–Trinajstić information content (AvgIpc) is 3.34. The largest absolute Gasteiger partial charge is 0.416 e. The maximum atomic E-state index is 13.7. The van der Waals surface area contributed by atoms with Gasteiger partial charge in [0.2, 0.25) is 5.91 Å². The fourth-order valence-electron chi connectivity index (χ4n) is 4.60. The summed E-state index contributed by atoms with van der Waals surface area (Å²) in [7, 11) is 0. The Morgan fingerprint density at radius 3 is 2.32 bits per heavy atom. The Morgan fingerprint density at radius 1 is 1.08 bits per heavy atom. The predicted octanol–water partition coefficient (Wildman–Crippen LogP) is 6.68. The smallest absolute Gasteiger partial charge is 0.347 e. The van der Waals surface area contributed by atoms with Gasteiger partial charge < -0.3 is 11.1 Å². The van der Waals surface area contributed by atoms with Gasteiger partial charge in [-0.25, -0.2) is 0 Å². The molecule has 0 saturated heterocycles. The summed E-state index contributed by atoms with van der Waals surface area (Å²) in [5, 5.41) is 12.4. The summed E-state index contributed by atoms with van der Waals surface area (Å²) >= 11 is 1.21. The van der Waals surface area contributed by atoms with Crippen LogP contribution in [0.3, 0.4) is 0 Å². The van der Waals surface area contributed by atoms with Gasteiger partial charge in [0.05, 0.1) is 11.6 Å². The molecule has 1 heterocycles. The van der Waals surface area contributed by atoms with Crippen LogP contribution in [0.5, 0.6) is 0 Å². The Hall–Kier alpha value is -2.14. The third kappa shape index (κ3) is 8.17. The average molecular weight is 573 g/mol. The first kappa shape index (κ1) is 31.1. The summed E-state index contributed by atoms with van der Waals surface area (Å²) in [6.07, 6.45) is 1.02. The molecule has 0 aliphatic heterocycles. The lowest BCUT2D eigenvalue weighted by Gasteiger charge is -2.23. The summed E-state index contributed by atoms with van der Waals surface area (Å²) in [5.41, 5.74) is 8.12. The molecule has 0 unspecified atom stereocenters. The van der Waals surface area contributed by atoms with Crippen LogP contribution in [-0.2, 0) is 23.9 Å². The molecule has 3 N–H and O–H groups in total. The lowest BCUT2D eigenvalue weighted by Crippen LogP contribution is -2.27. The number of rotatable bonds is 7. The van der Waals surface area contributed by atoms with Crippen molar-refractivity contribution in [3.05, 3.63) is 69.7 Å². The summed E-state index contributed by atoms with van der Waals surface area (Å²) in [4.78, 5) is 11.9. The van der Waals surface area contributed by atoms with E-state index in [1.165, 1.54) is 24.3 Å². The number of hydrogen-bond donors (Lipinski definition) is 2. The Morgan fingerprint density at radius 2 is 1.73 bits per heavy atom. The molecule has 1 aromatic heterocycles. The number of benzene rings is 2. The van der Waals surface area contributed by atoms with Gasteiger partial charge in [0, 0.05) is 19.0 Å². The molecule has 1 amide bonds. The Kier molecular flexibility index (Phi) is 11.4. The van der Waals surface area contributed by atoms with E-state index in [4.69, 9.17) is 5.73 Å². The monoisotopic (exact) mass is 572 g/mol. The van der Waals surface area contributed by atoms with Crippen molar-refractivity contribution in [1.29, 1.82) is 0 Å². The zero-order chi connectivity index (χ0) is 25.0. The van der Waals surface area contributed by atoms with Crippen LogP contribution in [0.2, 0.25) is 0 Å². The van der Waals surface area contributed by atoms with Crippen LogP contribution < -0.4 is 11.1 Å². The van der Waals surface area contributed by atoms with Gasteiger partial charge in [-0.2, -0.15) is 26.7 Å².